The Kier molecular flexibility index (Phi) is 3.66. The molecule has 0 saturated heterocycles. The molecule has 3 N–H and O–H groups in total. The predicted molar refractivity (Wildman–Crippen MR) is 68.2 cm³/mol. The number of hydrogen-bond donors (Lipinski definition) is 3. The van der Waals surface area contributed by atoms with Crippen molar-refractivity contribution in [2.24, 2.45) is 0 Å². The van der Waals surface area contributed by atoms with E-state index in [0.29, 0.717) is 11.1 Å². The maximum absolute atomic E-state index is 12.0. The first-order chi connectivity index (χ1) is 9.39. The number of amides is 1. The molecule has 0 radical (unpaired) electrons. The summed E-state index contributed by atoms with van der Waals surface area (Å²) >= 11 is 0. The number of carboxylic acids is 1. The van der Waals surface area contributed by atoms with Crippen molar-refractivity contribution in [3.05, 3.63) is 30.4 Å². The minimum absolute atomic E-state index is 0.171. The second kappa shape index (κ2) is 5.25. The summed E-state index contributed by atoms with van der Waals surface area (Å²) in [4.78, 5) is 26.5. The van der Waals surface area contributed by atoms with Crippen LogP contribution in [0.4, 0.5) is 0 Å². The summed E-state index contributed by atoms with van der Waals surface area (Å²) in [5, 5.41) is 24.9. The van der Waals surface area contributed by atoms with Crippen LogP contribution in [0, 0.1) is 0 Å². The number of rotatable bonds is 5. The van der Waals surface area contributed by atoms with Crippen LogP contribution in [-0.4, -0.2) is 48.8 Å². The third-order valence-corrected chi connectivity index (χ3v) is 2.73. The van der Waals surface area contributed by atoms with Gasteiger partial charge in [0, 0.05) is 18.9 Å². The van der Waals surface area contributed by atoms with Gasteiger partial charge in [0.2, 0.25) is 0 Å². The molecular formula is C12H14N4O4. The van der Waals surface area contributed by atoms with Crippen molar-refractivity contribution in [2.75, 3.05) is 6.54 Å². The maximum Gasteiger partial charge on any atom is 0.306 e. The number of nitrogens with one attached hydrogen (secondary N) is 1. The molecule has 106 valence electrons. The molecule has 2 aromatic heterocycles. The van der Waals surface area contributed by atoms with Crippen molar-refractivity contribution in [3.8, 4) is 0 Å². The van der Waals surface area contributed by atoms with Crippen LogP contribution < -0.4 is 5.32 Å². The third kappa shape index (κ3) is 3.09. The molecule has 20 heavy (non-hydrogen) atoms. The molecule has 2 aromatic rings. The first-order valence-corrected chi connectivity index (χ1v) is 5.89. The Balaban J connectivity index is 2.07. The molecule has 0 aromatic carbocycles. The van der Waals surface area contributed by atoms with Gasteiger partial charge in [0.15, 0.2) is 0 Å². The molecule has 0 saturated carbocycles. The normalized spacial score (nSPS) is 13.9. The molecule has 2 rings (SSSR count). The summed E-state index contributed by atoms with van der Waals surface area (Å²) in [5.41, 5.74) is -0.671. The van der Waals surface area contributed by atoms with Crippen LogP contribution in [-0.2, 0) is 4.79 Å². The van der Waals surface area contributed by atoms with Crippen LogP contribution in [0.3, 0.4) is 0 Å². The topological polar surface area (TPSA) is 117 Å². The number of aliphatic carboxylic acids is 1. The monoisotopic (exact) mass is 278 g/mol. The zero-order valence-electron chi connectivity index (χ0n) is 10.8. The van der Waals surface area contributed by atoms with E-state index >= 15 is 0 Å². The molecule has 0 aliphatic carbocycles. The van der Waals surface area contributed by atoms with Crippen molar-refractivity contribution in [3.63, 3.8) is 0 Å². The Morgan fingerprint density at radius 2 is 2.20 bits per heavy atom. The third-order valence-electron chi connectivity index (χ3n) is 2.73. The average Bonchev–Trinajstić information content (AvgIpc) is 2.78. The minimum atomic E-state index is -1.51. The molecule has 0 spiro atoms. The van der Waals surface area contributed by atoms with E-state index < -0.39 is 23.9 Å². The summed E-state index contributed by atoms with van der Waals surface area (Å²) in [6.45, 7) is 1.18. The Morgan fingerprint density at radius 3 is 2.90 bits per heavy atom. The Labute approximate surface area is 114 Å². The number of carbonyl (C=O) groups is 2. The standard InChI is InChI=1S/C12H14N4O4/c1-12(20,4-10(17)18)7-14-11(19)8-5-15-16-3-2-13-6-9(8)16/h2-3,5-6,20H,4,7H2,1H3,(H,14,19)(H,17,18). The summed E-state index contributed by atoms with van der Waals surface area (Å²) < 4.78 is 1.50. The fourth-order valence-corrected chi connectivity index (χ4v) is 1.76. The molecule has 0 aliphatic rings. The zero-order valence-corrected chi connectivity index (χ0v) is 10.8. The van der Waals surface area contributed by atoms with Crippen molar-refractivity contribution < 1.29 is 19.8 Å². The van der Waals surface area contributed by atoms with E-state index in [1.54, 1.807) is 12.4 Å². The Hall–Kier alpha value is -2.48. The summed E-state index contributed by atoms with van der Waals surface area (Å²) in [6.07, 6.45) is 5.57. The van der Waals surface area contributed by atoms with Crippen molar-refractivity contribution in [1.29, 1.82) is 0 Å². The van der Waals surface area contributed by atoms with Gasteiger partial charge < -0.3 is 15.5 Å². The molecule has 8 nitrogen and oxygen atoms in total. The lowest BCUT2D eigenvalue weighted by Crippen LogP contribution is -2.42. The number of fused-ring (bicyclic) bond motifs is 1. The molecule has 2 heterocycles. The van der Waals surface area contributed by atoms with Crippen LogP contribution in [0.15, 0.2) is 24.8 Å². The van der Waals surface area contributed by atoms with E-state index in [9.17, 15) is 14.7 Å². The second-order valence-electron chi connectivity index (χ2n) is 4.71. The van der Waals surface area contributed by atoms with Gasteiger partial charge in [0.05, 0.1) is 35.5 Å². The van der Waals surface area contributed by atoms with Crippen LogP contribution in [0.25, 0.3) is 5.52 Å². The number of aliphatic hydroxyl groups is 1. The zero-order chi connectivity index (χ0) is 14.8. The summed E-state index contributed by atoms with van der Waals surface area (Å²) in [7, 11) is 0. The van der Waals surface area contributed by atoms with Gasteiger partial charge in [-0.2, -0.15) is 5.10 Å². The summed E-state index contributed by atoms with van der Waals surface area (Å²) in [6, 6.07) is 0. The lowest BCUT2D eigenvalue weighted by atomic mass is 10.0. The maximum atomic E-state index is 12.0. The van der Waals surface area contributed by atoms with Crippen LogP contribution in [0.5, 0.6) is 0 Å². The number of aromatic nitrogens is 3. The van der Waals surface area contributed by atoms with Crippen molar-refractivity contribution >= 4 is 17.4 Å². The molecule has 1 atom stereocenters. The highest BCUT2D eigenvalue weighted by Gasteiger charge is 2.25. The van der Waals surface area contributed by atoms with E-state index in [2.05, 4.69) is 15.4 Å². The lowest BCUT2D eigenvalue weighted by Gasteiger charge is -2.21. The van der Waals surface area contributed by atoms with Gasteiger partial charge in [0.25, 0.3) is 5.91 Å². The van der Waals surface area contributed by atoms with Gasteiger partial charge in [-0.1, -0.05) is 0 Å². The van der Waals surface area contributed by atoms with Crippen LogP contribution in [0.2, 0.25) is 0 Å². The van der Waals surface area contributed by atoms with Gasteiger partial charge >= 0.3 is 5.97 Å². The highest BCUT2D eigenvalue weighted by Crippen LogP contribution is 2.11. The average molecular weight is 278 g/mol. The number of carbonyl (C=O) groups excluding carboxylic acids is 1. The van der Waals surface area contributed by atoms with E-state index in [0.717, 1.165) is 0 Å². The van der Waals surface area contributed by atoms with E-state index in [-0.39, 0.29) is 6.54 Å². The predicted octanol–water partition coefficient (Wildman–Crippen LogP) is -0.315. The van der Waals surface area contributed by atoms with Gasteiger partial charge in [-0.3, -0.25) is 14.6 Å². The second-order valence-corrected chi connectivity index (χ2v) is 4.71. The van der Waals surface area contributed by atoms with Gasteiger partial charge in [-0.05, 0) is 6.92 Å². The smallest absolute Gasteiger partial charge is 0.306 e. The fourth-order valence-electron chi connectivity index (χ4n) is 1.76. The molecule has 0 aliphatic heterocycles. The van der Waals surface area contributed by atoms with E-state index in [4.69, 9.17) is 5.11 Å². The first-order valence-electron chi connectivity index (χ1n) is 5.89. The Bertz CT molecular complexity index is 650. The summed E-state index contributed by atoms with van der Waals surface area (Å²) in [5.74, 6) is -1.58. The Morgan fingerprint density at radius 1 is 1.45 bits per heavy atom. The lowest BCUT2D eigenvalue weighted by molar-refractivity contribution is -0.141. The highest BCUT2D eigenvalue weighted by atomic mass is 16.4. The highest BCUT2D eigenvalue weighted by molar-refractivity contribution is 6.00. The fraction of sp³-hybridized carbons (Fsp3) is 0.333. The molecular weight excluding hydrogens is 264 g/mol. The van der Waals surface area contributed by atoms with Crippen LogP contribution >= 0.6 is 0 Å². The first kappa shape index (κ1) is 13.9. The van der Waals surface area contributed by atoms with E-state index in [1.165, 1.54) is 23.8 Å². The van der Waals surface area contributed by atoms with Gasteiger partial charge in [-0.15, -0.1) is 0 Å². The number of hydrogen-bond acceptors (Lipinski definition) is 5. The van der Waals surface area contributed by atoms with Gasteiger partial charge in [-0.25, -0.2) is 4.52 Å². The van der Waals surface area contributed by atoms with Crippen molar-refractivity contribution in [2.45, 2.75) is 18.9 Å². The van der Waals surface area contributed by atoms with Gasteiger partial charge in [0.1, 0.15) is 0 Å². The minimum Gasteiger partial charge on any atom is -0.481 e. The molecule has 8 heteroatoms. The molecule has 1 amide bonds. The molecule has 1 unspecified atom stereocenters. The van der Waals surface area contributed by atoms with E-state index in [1.807, 2.05) is 0 Å². The molecule has 0 bridgehead atoms. The largest absolute Gasteiger partial charge is 0.481 e. The van der Waals surface area contributed by atoms with Crippen molar-refractivity contribution in [1.82, 2.24) is 19.9 Å². The number of carboxylic acid groups (broad SMARTS) is 1. The quantitative estimate of drug-likeness (QED) is 0.690. The number of nitrogens with zero attached hydrogens (tertiary/aromatic N) is 3. The SMILES string of the molecule is CC(O)(CNC(=O)c1cnn2ccncc12)CC(=O)O. The molecule has 0 fully saturated rings. The van der Waals surface area contributed by atoms with Crippen LogP contribution in [0.1, 0.15) is 23.7 Å².